The zero-order valence-electron chi connectivity index (χ0n) is 13.6. The van der Waals surface area contributed by atoms with Crippen molar-refractivity contribution in [3.63, 3.8) is 0 Å². The van der Waals surface area contributed by atoms with Crippen LogP contribution in [0.4, 0.5) is 0 Å². The molecule has 6 nitrogen and oxygen atoms in total. The molecule has 0 aromatic rings. The molecule has 0 fully saturated rings. The molecule has 0 atom stereocenters. The Morgan fingerprint density at radius 3 is 2.62 bits per heavy atom. The second-order valence-corrected chi connectivity index (χ2v) is 5.16. The molecule has 0 aliphatic carbocycles. The molecule has 1 rings (SSSR count). The monoisotopic (exact) mass is 299 g/mol. The molecule has 0 radical (unpaired) electrons. The summed E-state index contributed by atoms with van der Waals surface area (Å²) in [4.78, 5) is 21.6. The summed E-state index contributed by atoms with van der Waals surface area (Å²) >= 11 is 0. The van der Waals surface area contributed by atoms with Gasteiger partial charge in [-0.2, -0.15) is 0 Å². The van der Waals surface area contributed by atoms with Crippen molar-refractivity contribution in [1.82, 2.24) is 16.0 Å². The lowest BCUT2D eigenvalue weighted by Crippen LogP contribution is -2.37. The van der Waals surface area contributed by atoms with Gasteiger partial charge >= 0.3 is 5.97 Å². The van der Waals surface area contributed by atoms with E-state index < -0.39 is 0 Å². The lowest BCUT2D eigenvalue weighted by Gasteiger charge is -2.09. The summed E-state index contributed by atoms with van der Waals surface area (Å²) in [7, 11) is 0. The Kier molecular flexibility index (Phi) is 11.3. The van der Waals surface area contributed by atoms with Gasteiger partial charge in [0.15, 0.2) is 0 Å². The van der Waals surface area contributed by atoms with Crippen LogP contribution in [0, 0.1) is 0 Å². The minimum atomic E-state index is -0.140. The number of esters is 1. The van der Waals surface area contributed by atoms with Crippen molar-refractivity contribution in [3.8, 4) is 0 Å². The molecule has 6 heteroatoms. The number of allylic oxidation sites excluding steroid dienone is 1. The number of unbranched alkanes of at least 4 members (excludes halogenated alkanes) is 1. The molecule has 0 spiro atoms. The summed E-state index contributed by atoms with van der Waals surface area (Å²) < 4.78 is 5.04. The van der Waals surface area contributed by atoms with Crippen molar-refractivity contribution >= 4 is 12.3 Å². The highest BCUT2D eigenvalue weighted by atomic mass is 16.5. The summed E-state index contributed by atoms with van der Waals surface area (Å²) in [6, 6.07) is 0. The van der Waals surface area contributed by atoms with E-state index in [2.05, 4.69) is 24.8 Å². The number of hydrogen-bond donors (Lipinski definition) is 2. The molecular weight excluding hydrogens is 270 g/mol. The Bertz CT molecular complexity index is 330. The first-order chi connectivity index (χ1) is 10.0. The first-order valence-electron chi connectivity index (χ1n) is 7.65. The third-order valence-corrected chi connectivity index (χ3v) is 2.39. The largest absolute Gasteiger partial charge is 0.463 e. The van der Waals surface area contributed by atoms with Crippen LogP contribution in [0.1, 0.15) is 59.8 Å². The van der Waals surface area contributed by atoms with Crippen molar-refractivity contribution in [3.05, 3.63) is 11.9 Å². The quantitative estimate of drug-likeness (QED) is 0.407. The Hall–Kier alpha value is -1.56. The van der Waals surface area contributed by atoms with Crippen molar-refractivity contribution in [1.29, 1.82) is 0 Å². The van der Waals surface area contributed by atoms with Crippen LogP contribution in [0.5, 0.6) is 0 Å². The summed E-state index contributed by atoms with van der Waals surface area (Å²) in [5.74, 6) is -0.140. The highest BCUT2D eigenvalue weighted by molar-refractivity contribution is 5.69. The molecule has 0 aromatic heterocycles. The zero-order valence-corrected chi connectivity index (χ0v) is 13.6. The maximum absolute atomic E-state index is 11.3. The number of aldehydes is 1. The number of nitrogens with zero attached hydrogens (tertiary/aromatic N) is 1. The normalized spacial score (nSPS) is 13.2. The Labute approximate surface area is 127 Å². The molecule has 0 saturated heterocycles. The molecule has 21 heavy (non-hydrogen) atoms. The topological polar surface area (TPSA) is 70.7 Å². The fourth-order valence-electron chi connectivity index (χ4n) is 1.61. The van der Waals surface area contributed by atoms with Crippen molar-refractivity contribution in [2.24, 2.45) is 0 Å². The van der Waals surface area contributed by atoms with Crippen LogP contribution in [-0.4, -0.2) is 29.9 Å². The van der Waals surface area contributed by atoms with Gasteiger partial charge in [0.25, 0.3) is 0 Å². The fourth-order valence-corrected chi connectivity index (χ4v) is 1.61. The van der Waals surface area contributed by atoms with Gasteiger partial charge in [-0.15, -0.1) is 5.53 Å². The smallest absolute Gasteiger partial charge is 0.306 e. The van der Waals surface area contributed by atoms with Gasteiger partial charge in [-0.3, -0.25) is 9.80 Å². The maximum Gasteiger partial charge on any atom is 0.306 e. The second-order valence-electron chi connectivity index (χ2n) is 5.16. The summed E-state index contributed by atoms with van der Waals surface area (Å²) in [6.07, 6.45) is 6.91. The minimum Gasteiger partial charge on any atom is -0.463 e. The number of hydrazine groups is 2. The molecule has 1 aliphatic rings. The number of carbonyl (C=O) groups excluding carboxylic acids is 2. The van der Waals surface area contributed by atoms with Gasteiger partial charge in [-0.25, -0.2) is 0 Å². The molecule has 2 N–H and O–H groups in total. The third kappa shape index (κ3) is 10.8. The van der Waals surface area contributed by atoms with E-state index in [0.29, 0.717) is 13.0 Å². The third-order valence-electron chi connectivity index (χ3n) is 2.39. The lowest BCUT2D eigenvalue weighted by molar-refractivity contribution is -0.147. The molecule has 0 amide bonds. The van der Waals surface area contributed by atoms with Crippen LogP contribution in [0.2, 0.25) is 0 Å². The van der Waals surface area contributed by atoms with Crippen LogP contribution in [-0.2, 0) is 14.3 Å². The minimum absolute atomic E-state index is 0.0437. The van der Waals surface area contributed by atoms with E-state index in [1.807, 2.05) is 20.0 Å². The molecule has 1 aliphatic heterocycles. The fraction of sp³-hybridized carbons (Fsp3) is 0.733. The lowest BCUT2D eigenvalue weighted by atomic mass is 10.1. The summed E-state index contributed by atoms with van der Waals surface area (Å²) in [5.41, 5.74) is 6.85. The Morgan fingerprint density at radius 2 is 2.05 bits per heavy atom. The predicted octanol–water partition coefficient (Wildman–Crippen LogP) is 2.28. The van der Waals surface area contributed by atoms with Crippen LogP contribution < -0.4 is 11.0 Å². The number of rotatable bonds is 8. The molecule has 0 saturated carbocycles. The van der Waals surface area contributed by atoms with Crippen LogP contribution >= 0.6 is 0 Å². The maximum atomic E-state index is 11.3. The van der Waals surface area contributed by atoms with E-state index in [0.717, 1.165) is 31.2 Å². The van der Waals surface area contributed by atoms with E-state index in [9.17, 15) is 9.59 Å². The van der Waals surface area contributed by atoms with Crippen molar-refractivity contribution in [2.75, 3.05) is 6.54 Å². The number of carbonyl (C=O) groups is 2. The van der Waals surface area contributed by atoms with Gasteiger partial charge in [0, 0.05) is 18.3 Å². The zero-order chi connectivity index (χ0) is 16.1. The standard InChI is InChI=1S/C12H21N3O3.C3H8/c1-10(2)18-12(17)6-4-3-5-11-9-15(7-8-16)14-13-11;1-3-2/h8-10,13-14H,3-7H2,1-2H3;3H2,1-2H3. The average Bonchev–Trinajstić information content (AvgIpc) is 2.83. The average molecular weight is 299 g/mol. The summed E-state index contributed by atoms with van der Waals surface area (Å²) in [6.45, 7) is 8.26. The first-order valence-corrected chi connectivity index (χ1v) is 7.65. The van der Waals surface area contributed by atoms with E-state index >= 15 is 0 Å². The van der Waals surface area contributed by atoms with E-state index in [-0.39, 0.29) is 12.1 Å². The number of nitrogens with one attached hydrogen (secondary N) is 2. The number of hydrogen-bond acceptors (Lipinski definition) is 6. The predicted molar refractivity (Wildman–Crippen MR) is 82.8 cm³/mol. The van der Waals surface area contributed by atoms with Gasteiger partial charge in [-0.1, -0.05) is 20.3 Å². The molecule has 1 heterocycles. The molecule has 0 unspecified atom stereocenters. The van der Waals surface area contributed by atoms with E-state index in [1.165, 1.54) is 6.42 Å². The SMILES string of the molecule is CC(C)OC(=O)CCCCC1=CN(CC=O)NN1.CCC. The molecule has 0 bridgehead atoms. The molecule has 122 valence electrons. The van der Waals surface area contributed by atoms with Gasteiger partial charge in [0.2, 0.25) is 0 Å². The van der Waals surface area contributed by atoms with Crippen molar-refractivity contribution in [2.45, 2.75) is 65.9 Å². The molecule has 0 aromatic carbocycles. The second kappa shape index (κ2) is 12.2. The highest BCUT2D eigenvalue weighted by Gasteiger charge is 2.10. The van der Waals surface area contributed by atoms with E-state index in [1.54, 1.807) is 5.01 Å². The Morgan fingerprint density at radius 1 is 1.38 bits per heavy atom. The van der Waals surface area contributed by atoms with Gasteiger partial charge in [0.05, 0.1) is 12.6 Å². The van der Waals surface area contributed by atoms with Gasteiger partial charge < -0.3 is 15.0 Å². The van der Waals surface area contributed by atoms with Crippen LogP contribution in [0.15, 0.2) is 11.9 Å². The number of ether oxygens (including phenoxy) is 1. The van der Waals surface area contributed by atoms with Gasteiger partial charge in [-0.05, 0) is 33.1 Å². The first kappa shape index (κ1) is 19.4. The van der Waals surface area contributed by atoms with Crippen LogP contribution in [0.3, 0.4) is 0 Å². The highest BCUT2D eigenvalue weighted by Crippen LogP contribution is 2.10. The summed E-state index contributed by atoms with van der Waals surface area (Å²) in [5, 5.41) is 1.68. The van der Waals surface area contributed by atoms with E-state index in [4.69, 9.17) is 4.74 Å². The van der Waals surface area contributed by atoms with Crippen molar-refractivity contribution < 1.29 is 14.3 Å². The molecular formula is C15H29N3O3. The van der Waals surface area contributed by atoms with Gasteiger partial charge in [0.1, 0.15) is 6.29 Å². The Balaban J connectivity index is 0.00000122. The van der Waals surface area contributed by atoms with Crippen LogP contribution in [0.25, 0.3) is 0 Å².